The highest BCUT2D eigenvalue weighted by Crippen LogP contribution is 2.33. The lowest BCUT2D eigenvalue weighted by Crippen LogP contribution is -2.09. The van der Waals surface area contributed by atoms with E-state index in [-0.39, 0.29) is 35.0 Å². The minimum absolute atomic E-state index is 0.0371. The van der Waals surface area contributed by atoms with Crippen LogP contribution in [0.25, 0.3) is 11.3 Å². The van der Waals surface area contributed by atoms with Gasteiger partial charge in [0.15, 0.2) is 11.5 Å². The number of alkyl halides is 3. The molecule has 2 N–H and O–H groups in total. The summed E-state index contributed by atoms with van der Waals surface area (Å²) in [6.07, 6.45) is -4.53. The highest BCUT2D eigenvalue weighted by Gasteiger charge is 2.35. The Morgan fingerprint density at radius 1 is 1.22 bits per heavy atom. The quantitative estimate of drug-likeness (QED) is 0.674. The van der Waals surface area contributed by atoms with Crippen LogP contribution in [0.5, 0.6) is 0 Å². The van der Waals surface area contributed by atoms with Crippen molar-refractivity contribution in [2.24, 2.45) is 7.05 Å². The number of pyridine rings is 1. The Labute approximate surface area is 157 Å². The van der Waals surface area contributed by atoms with Crippen molar-refractivity contribution in [3.63, 3.8) is 0 Å². The second-order valence-electron chi connectivity index (χ2n) is 5.86. The molecule has 2 heterocycles. The minimum Gasteiger partial charge on any atom is -0.383 e. The molecule has 2 aromatic heterocycles. The molecule has 0 unspecified atom stereocenters. The van der Waals surface area contributed by atoms with Gasteiger partial charge in [-0.25, -0.2) is 4.98 Å². The second kappa shape index (κ2) is 7.03. The van der Waals surface area contributed by atoms with Gasteiger partial charge in [0.05, 0.1) is 5.69 Å². The van der Waals surface area contributed by atoms with E-state index in [1.54, 1.807) is 24.3 Å². The summed E-state index contributed by atoms with van der Waals surface area (Å²) in [7, 11) is 1.38. The molecule has 0 atom stereocenters. The number of aryl methyl sites for hydroxylation is 1. The summed E-state index contributed by atoms with van der Waals surface area (Å²) < 4.78 is 39.6. The van der Waals surface area contributed by atoms with Crippen LogP contribution in [0, 0.1) is 0 Å². The van der Waals surface area contributed by atoms with Gasteiger partial charge >= 0.3 is 6.18 Å². The highest BCUT2D eigenvalue weighted by molar-refractivity contribution is 6.31. The monoisotopic (exact) mass is 394 g/mol. The molecule has 0 amide bonds. The van der Waals surface area contributed by atoms with Crippen LogP contribution >= 0.6 is 11.6 Å². The molecule has 0 saturated carbocycles. The van der Waals surface area contributed by atoms with Gasteiger partial charge in [-0.05, 0) is 29.8 Å². The van der Waals surface area contributed by atoms with Crippen LogP contribution < -0.4 is 5.73 Å². The summed E-state index contributed by atoms with van der Waals surface area (Å²) in [5.41, 5.74) is 6.02. The molecule has 0 aliphatic heterocycles. The number of nitrogens with two attached hydrogens (primary N) is 1. The predicted molar refractivity (Wildman–Crippen MR) is 95.3 cm³/mol. The average molecular weight is 395 g/mol. The molecule has 5 nitrogen and oxygen atoms in total. The van der Waals surface area contributed by atoms with Crippen molar-refractivity contribution in [3.8, 4) is 11.3 Å². The number of hydrogen-bond acceptors (Lipinski definition) is 4. The third-order valence-electron chi connectivity index (χ3n) is 3.97. The van der Waals surface area contributed by atoms with E-state index in [0.29, 0.717) is 10.6 Å². The summed E-state index contributed by atoms with van der Waals surface area (Å²) >= 11 is 6.05. The maximum atomic E-state index is 12.8. The number of rotatable bonds is 4. The van der Waals surface area contributed by atoms with Crippen LogP contribution in [0.3, 0.4) is 0 Å². The molecule has 0 aliphatic carbocycles. The molecule has 0 spiro atoms. The van der Waals surface area contributed by atoms with Gasteiger partial charge in [0.1, 0.15) is 11.5 Å². The van der Waals surface area contributed by atoms with E-state index in [9.17, 15) is 18.0 Å². The molecule has 9 heteroatoms. The zero-order valence-electron chi connectivity index (χ0n) is 14.1. The summed E-state index contributed by atoms with van der Waals surface area (Å²) in [6, 6.07) is 10.7. The van der Waals surface area contributed by atoms with Gasteiger partial charge in [-0.15, -0.1) is 0 Å². The van der Waals surface area contributed by atoms with Crippen molar-refractivity contribution in [2.75, 3.05) is 5.73 Å². The normalized spacial score (nSPS) is 11.6. The Hall–Kier alpha value is -2.87. The molecule has 0 saturated heterocycles. The Balaban J connectivity index is 1.89. The van der Waals surface area contributed by atoms with Gasteiger partial charge in [-0.3, -0.25) is 9.48 Å². The third-order valence-corrected chi connectivity index (χ3v) is 4.33. The lowest BCUT2D eigenvalue weighted by molar-refractivity contribution is -0.141. The molecule has 0 bridgehead atoms. The zero-order chi connectivity index (χ0) is 19.8. The number of ketones is 1. The zero-order valence-corrected chi connectivity index (χ0v) is 14.8. The number of benzene rings is 1. The Morgan fingerprint density at radius 3 is 2.52 bits per heavy atom. The van der Waals surface area contributed by atoms with Gasteiger partial charge in [0.2, 0.25) is 0 Å². The molecule has 3 rings (SSSR count). The number of Topliss-reactive ketones (excluding diaryl/α,β-unsaturated/α-hetero) is 1. The number of carbonyl (C=O) groups excluding carboxylic acids is 1. The van der Waals surface area contributed by atoms with Crippen molar-refractivity contribution < 1.29 is 18.0 Å². The van der Waals surface area contributed by atoms with Crippen molar-refractivity contribution in [2.45, 2.75) is 12.6 Å². The number of carbonyl (C=O) groups is 1. The van der Waals surface area contributed by atoms with E-state index in [0.717, 1.165) is 10.7 Å². The molecule has 140 valence electrons. The number of anilines is 1. The molecule has 0 fully saturated rings. The minimum atomic E-state index is -4.57. The number of halogens is 4. The first-order valence-electron chi connectivity index (χ1n) is 7.81. The van der Waals surface area contributed by atoms with Crippen LogP contribution in [0.15, 0.2) is 42.5 Å². The largest absolute Gasteiger partial charge is 0.435 e. The van der Waals surface area contributed by atoms with Gasteiger partial charge in [-0.1, -0.05) is 29.8 Å². The molecule has 27 heavy (non-hydrogen) atoms. The summed E-state index contributed by atoms with van der Waals surface area (Å²) in [5, 5.41) is 3.91. The van der Waals surface area contributed by atoms with Crippen LogP contribution in [0.2, 0.25) is 5.02 Å². The van der Waals surface area contributed by atoms with Gasteiger partial charge in [0, 0.05) is 24.1 Å². The fourth-order valence-electron chi connectivity index (χ4n) is 2.61. The smallest absolute Gasteiger partial charge is 0.383 e. The van der Waals surface area contributed by atoms with E-state index in [4.69, 9.17) is 17.3 Å². The van der Waals surface area contributed by atoms with Crippen molar-refractivity contribution in [1.29, 1.82) is 0 Å². The lowest BCUT2D eigenvalue weighted by atomic mass is 10.1. The highest BCUT2D eigenvalue weighted by atomic mass is 35.5. The van der Waals surface area contributed by atoms with Crippen LogP contribution in [0.1, 0.15) is 21.7 Å². The molecular formula is C18H14ClF3N4O. The van der Waals surface area contributed by atoms with Gasteiger partial charge in [0.25, 0.3) is 0 Å². The van der Waals surface area contributed by atoms with Crippen molar-refractivity contribution >= 4 is 23.2 Å². The van der Waals surface area contributed by atoms with E-state index in [2.05, 4.69) is 10.1 Å². The van der Waals surface area contributed by atoms with Crippen LogP contribution in [-0.4, -0.2) is 20.5 Å². The maximum Gasteiger partial charge on any atom is 0.435 e. The predicted octanol–water partition coefficient (Wildman–Crippen LogP) is 4.16. The molecule has 3 aromatic rings. The first-order chi connectivity index (χ1) is 12.7. The summed E-state index contributed by atoms with van der Waals surface area (Å²) in [6.45, 7) is 0. The number of nitrogen functional groups attached to an aromatic ring is 1. The summed E-state index contributed by atoms with van der Waals surface area (Å²) in [4.78, 5) is 16.5. The summed E-state index contributed by atoms with van der Waals surface area (Å²) in [5.74, 6) is -0.362. The fraction of sp³-hybridized carbons (Fsp3) is 0.167. The van der Waals surface area contributed by atoms with Crippen molar-refractivity contribution in [3.05, 3.63) is 64.4 Å². The van der Waals surface area contributed by atoms with Crippen LogP contribution in [-0.2, 0) is 19.6 Å². The van der Waals surface area contributed by atoms with E-state index >= 15 is 0 Å². The Kier molecular flexibility index (Phi) is 4.93. The number of aromatic nitrogens is 3. The molecule has 1 aromatic carbocycles. The molecule has 0 aliphatic rings. The maximum absolute atomic E-state index is 12.8. The third kappa shape index (κ3) is 3.95. The first kappa shape index (κ1) is 18.9. The topological polar surface area (TPSA) is 73.8 Å². The number of hydrogen-bond donors (Lipinski definition) is 1. The number of nitrogens with zero attached hydrogens (tertiary/aromatic N) is 3. The van der Waals surface area contributed by atoms with Crippen molar-refractivity contribution in [1.82, 2.24) is 14.8 Å². The van der Waals surface area contributed by atoms with E-state index < -0.39 is 11.9 Å². The average Bonchev–Trinajstić information content (AvgIpc) is 2.99. The Bertz CT molecular complexity index is 1010. The molecular weight excluding hydrogens is 381 g/mol. The fourth-order valence-corrected chi connectivity index (χ4v) is 2.81. The van der Waals surface area contributed by atoms with Crippen LogP contribution in [0.4, 0.5) is 19.0 Å². The van der Waals surface area contributed by atoms with E-state index in [1.807, 2.05) is 0 Å². The lowest BCUT2D eigenvalue weighted by Gasteiger charge is -2.08. The Morgan fingerprint density at radius 2 is 1.93 bits per heavy atom. The molecule has 0 radical (unpaired) electrons. The standard InChI is InChI=1S/C18H14ClF3N4O/c1-26-14(9-16(25-26)18(20,21)22)11-6-7-13(24-17(11)23)15(27)8-10-4-2-3-5-12(10)19/h2-7,9H,8H2,1H3,(H2,23,24). The SMILES string of the molecule is Cn1nc(C(F)(F)F)cc1-c1ccc(C(=O)Cc2ccccc2Cl)nc1N. The van der Waals surface area contributed by atoms with E-state index in [1.165, 1.54) is 19.2 Å². The second-order valence-corrected chi connectivity index (χ2v) is 6.26. The van der Waals surface area contributed by atoms with Gasteiger partial charge < -0.3 is 5.73 Å². The first-order valence-corrected chi connectivity index (χ1v) is 8.19. The van der Waals surface area contributed by atoms with Gasteiger partial charge in [-0.2, -0.15) is 18.3 Å².